The zero-order valence-corrected chi connectivity index (χ0v) is 28.6. The Morgan fingerprint density at radius 1 is 1.08 bits per heavy atom. The Kier molecular flexibility index (Phi) is 10.1. The number of hydrogen-bond donors (Lipinski definition) is 0. The summed E-state index contributed by atoms with van der Waals surface area (Å²) < 4.78 is 6.34. The number of nitriles is 1. The maximum absolute atomic E-state index is 13.2. The lowest BCUT2D eigenvalue weighted by atomic mass is 9.99. The Morgan fingerprint density at radius 3 is 2.65 bits per heavy atom. The van der Waals surface area contributed by atoms with Crippen LogP contribution < -0.4 is 14.5 Å². The summed E-state index contributed by atoms with van der Waals surface area (Å²) in [6.45, 7) is 8.60. The Bertz CT molecular complexity index is 1730. The lowest BCUT2D eigenvalue weighted by Gasteiger charge is -2.42. The van der Waals surface area contributed by atoms with E-state index in [1.54, 1.807) is 22.9 Å². The van der Waals surface area contributed by atoms with Crippen molar-refractivity contribution in [3.05, 3.63) is 65.4 Å². The molecule has 48 heavy (non-hydrogen) atoms. The van der Waals surface area contributed by atoms with Crippen LogP contribution in [0, 0.1) is 18.3 Å². The van der Waals surface area contributed by atoms with Crippen LogP contribution in [0.15, 0.2) is 48.6 Å². The second-order valence-electron chi connectivity index (χ2n) is 13.3. The molecule has 0 N–H and O–H groups in total. The van der Waals surface area contributed by atoms with E-state index < -0.39 is 0 Å². The number of carbonyl (C=O) groups is 2. The number of piperazine rings is 1. The van der Waals surface area contributed by atoms with Crippen LogP contribution in [-0.4, -0.2) is 109 Å². The topological polar surface area (TPSA) is 109 Å². The molecule has 6 rings (SSSR count). The second kappa shape index (κ2) is 14.6. The summed E-state index contributed by atoms with van der Waals surface area (Å²) in [6.07, 6.45) is 6.45. The van der Waals surface area contributed by atoms with Gasteiger partial charge in [0, 0.05) is 75.5 Å². The van der Waals surface area contributed by atoms with Crippen LogP contribution in [0.3, 0.4) is 0 Å². The Hall–Kier alpha value is -4.69. The molecule has 1 aromatic heterocycles. The molecule has 3 aromatic rings. The van der Waals surface area contributed by atoms with E-state index in [-0.39, 0.29) is 24.3 Å². The molecule has 0 radical (unpaired) electrons. The molecule has 252 valence electrons. The maximum atomic E-state index is 13.2. The van der Waals surface area contributed by atoms with Crippen molar-refractivity contribution < 1.29 is 14.3 Å². The second-order valence-corrected chi connectivity index (χ2v) is 13.3. The average Bonchev–Trinajstić information content (AvgIpc) is 3.50. The molecule has 4 heterocycles. The smallest absolute Gasteiger partial charge is 0.318 e. The number of aromatic nitrogens is 2. The molecule has 2 atom stereocenters. The van der Waals surface area contributed by atoms with Gasteiger partial charge in [-0.3, -0.25) is 9.59 Å². The van der Waals surface area contributed by atoms with Crippen molar-refractivity contribution in [3.63, 3.8) is 0 Å². The minimum Gasteiger partial charge on any atom is -0.462 e. The van der Waals surface area contributed by atoms with E-state index in [0.717, 1.165) is 49.4 Å². The number of hydrogen-bond acceptors (Lipinski definition) is 9. The number of amides is 2. The third kappa shape index (κ3) is 7.09. The largest absolute Gasteiger partial charge is 0.462 e. The lowest BCUT2D eigenvalue weighted by molar-refractivity contribution is -0.129. The van der Waals surface area contributed by atoms with Gasteiger partial charge in [-0.05, 0) is 56.8 Å². The number of anilines is 2. The van der Waals surface area contributed by atoms with E-state index in [1.165, 1.54) is 35.0 Å². The van der Waals surface area contributed by atoms with Gasteiger partial charge < -0.3 is 29.2 Å². The quantitative estimate of drug-likeness (QED) is 0.318. The summed E-state index contributed by atoms with van der Waals surface area (Å²) in [6, 6.07) is 15.6. The van der Waals surface area contributed by atoms with Gasteiger partial charge in [-0.2, -0.15) is 15.2 Å². The summed E-state index contributed by atoms with van der Waals surface area (Å²) in [4.78, 5) is 45.1. The average molecular weight is 651 g/mol. The predicted octanol–water partition coefficient (Wildman–Crippen LogP) is 3.94. The first-order valence-corrected chi connectivity index (χ1v) is 17.0. The van der Waals surface area contributed by atoms with E-state index in [4.69, 9.17) is 14.7 Å². The molecule has 3 aliphatic heterocycles. The summed E-state index contributed by atoms with van der Waals surface area (Å²) >= 11 is 0. The number of carbonyl (C=O) groups excluding carboxylic acids is 2. The van der Waals surface area contributed by atoms with Gasteiger partial charge in [0.15, 0.2) is 0 Å². The number of rotatable bonds is 9. The van der Waals surface area contributed by atoms with Gasteiger partial charge in [-0.25, -0.2) is 0 Å². The van der Waals surface area contributed by atoms with Crippen LogP contribution >= 0.6 is 0 Å². The molecule has 2 saturated heterocycles. The number of benzene rings is 2. The molecule has 11 heteroatoms. The highest BCUT2D eigenvalue weighted by Gasteiger charge is 2.34. The number of aryl methyl sites for hydroxylation is 1. The molecule has 2 amide bonds. The molecule has 0 aliphatic carbocycles. The van der Waals surface area contributed by atoms with Crippen LogP contribution in [0.2, 0.25) is 0 Å². The molecule has 3 aliphatic rings. The number of nitrogens with zero attached hydrogens (tertiary/aromatic N) is 8. The highest BCUT2D eigenvalue weighted by molar-refractivity contribution is 5.97. The minimum absolute atomic E-state index is 0.0646. The highest BCUT2D eigenvalue weighted by Crippen LogP contribution is 2.36. The van der Waals surface area contributed by atoms with E-state index in [0.29, 0.717) is 51.4 Å². The van der Waals surface area contributed by atoms with Crippen molar-refractivity contribution in [1.29, 1.82) is 5.26 Å². The van der Waals surface area contributed by atoms with Crippen molar-refractivity contribution in [1.82, 2.24) is 24.7 Å². The molecule has 0 bridgehead atoms. The molecule has 11 nitrogen and oxygen atoms in total. The van der Waals surface area contributed by atoms with Crippen molar-refractivity contribution in [2.75, 3.05) is 69.8 Å². The van der Waals surface area contributed by atoms with E-state index in [2.05, 4.69) is 71.1 Å². The van der Waals surface area contributed by atoms with Crippen LogP contribution in [0.25, 0.3) is 10.8 Å². The summed E-state index contributed by atoms with van der Waals surface area (Å²) in [5.41, 5.74) is 4.52. The van der Waals surface area contributed by atoms with E-state index in [1.807, 2.05) is 0 Å². The number of likely N-dealkylation sites (tertiary alicyclic amines) is 1. The summed E-state index contributed by atoms with van der Waals surface area (Å²) in [7, 11) is 3.83. The minimum atomic E-state index is -0.299. The van der Waals surface area contributed by atoms with E-state index >= 15 is 0 Å². The van der Waals surface area contributed by atoms with Gasteiger partial charge in [-0.15, -0.1) is 0 Å². The zero-order chi connectivity index (χ0) is 33.8. The van der Waals surface area contributed by atoms with Crippen molar-refractivity contribution in [2.24, 2.45) is 0 Å². The fraction of sp³-hybridized carbons (Fsp3) is 0.486. The first-order valence-electron chi connectivity index (χ1n) is 17.0. The Labute approximate surface area is 283 Å². The van der Waals surface area contributed by atoms with Gasteiger partial charge in [0.05, 0.1) is 30.8 Å². The molecule has 2 fully saturated rings. The fourth-order valence-electron chi connectivity index (χ4n) is 7.20. The van der Waals surface area contributed by atoms with E-state index in [9.17, 15) is 14.9 Å². The third-order valence-electron chi connectivity index (χ3n) is 10.1. The molecule has 1 unspecified atom stereocenters. The Morgan fingerprint density at radius 2 is 1.90 bits per heavy atom. The highest BCUT2D eigenvalue weighted by atomic mass is 16.5. The van der Waals surface area contributed by atoms with Gasteiger partial charge in [0.2, 0.25) is 11.8 Å². The zero-order valence-electron chi connectivity index (χ0n) is 28.6. The molecular weight excluding hydrogens is 604 g/mol. The van der Waals surface area contributed by atoms with Crippen LogP contribution in [0.5, 0.6) is 6.01 Å². The van der Waals surface area contributed by atoms with Crippen molar-refractivity contribution >= 4 is 34.1 Å². The number of likely N-dealkylation sites (N-methyl/N-ethyl adjacent to an activating group) is 2. The Balaban J connectivity index is 1.28. The standard InChI is InChI=1S/C37H46N8O3/c1-26-9-5-10-28-11-6-13-33(35(26)28)43-20-16-31-32(24-43)39-37(48-25-30-12-7-19-42(30)4)40-36(31)44-21-22-45(29(23-44)15-17-38)34(47)14-8-18-41(3)27(2)46/h5-6,8-11,13-14,29-30H,7,12,15-16,18-25H2,1-4H3/b14-8+/t29-,30?/m0/s1. The van der Waals surface area contributed by atoms with Gasteiger partial charge in [0.25, 0.3) is 0 Å². The van der Waals surface area contributed by atoms with Crippen LogP contribution in [0.4, 0.5) is 11.5 Å². The maximum Gasteiger partial charge on any atom is 0.318 e. The molecular formula is C37H46N8O3. The summed E-state index contributed by atoms with van der Waals surface area (Å²) in [5.74, 6) is 0.629. The van der Waals surface area contributed by atoms with Crippen molar-refractivity contribution in [2.45, 2.75) is 58.2 Å². The van der Waals surface area contributed by atoms with Crippen LogP contribution in [0.1, 0.15) is 43.0 Å². The first-order chi connectivity index (χ1) is 23.2. The fourth-order valence-corrected chi connectivity index (χ4v) is 7.20. The van der Waals surface area contributed by atoms with Crippen LogP contribution in [-0.2, 0) is 22.6 Å². The number of fused-ring (bicyclic) bond motifs is 2. The normalized spacial score (nSPS) is 19.9. The lowest BCUT2D eigenvalue weighted by Crippen LogP contribution is -2.55. The third-order valence-corrected chi connectivity index (χ3v) is 10.1. The molecule has 0 spiro atoms. The number of ether oxygens (including phenoxy) is 1. The van der Waals surface area contributed by atoms with Gasteiger partial charge in [0.1, 0.15) is 12.4 Å². The predicted molar refractivity (Wildman–Crippen MR) is 187 cm³/mol. The molecule has 0 saturated carbocycles. The van der Waals surface area contributed by atoms with Gasteiger partial charge in [-0.1, -0.05) is 36.4 Å². The summed E-state index contributed by atoms with van der Waals surface area (Å²) in [5, 5.41) is 12.2. The molecule has 2 aromatic carbocycles. The monoisotopic (exact) mass is 650 g/mol. The van der Waals surface area contributed by atoms with Gasteiger partial charge >= 0.3 is 6.01 Å². The first kappa shape index (κ1) is 33.2. The SMILES string of the molecule is CC(=O)N(C)C/C=C/C(=O)N1CCN(c2nc(OCC3CCCN3C)nc3c2CCN(c2cccc4cccc(C)c24)C3)C[C@@H]1CC#N. The van der Waals surface area contributed by atoms with Crippen molar-refractivity contribution in [3.8, 4) is 12.1 Å².